The summed E-state index contributed by atoms with van der Waals surface area (Å²) in [6.07, 6.45) is 1.11. The maximum atomic E-state index is 14.4. The highest BCUT2D eigenvalue weighted by atomic mass is 32.1. The molecule has 0 bridgehead atoms. The topological polar surface area (TPSA) is 200 Å². The van der Waals surface area contributed by atoms with Gasteiger partial charge in [-0.2, -0.15) is 14.0 Å². The van der Waals surface area contributed by atoms with E-state index in [0.29, 0.717) is 28.8 Å². The first-order valence-corrected chi connectivity index (χ1v) is 18.9. The molecule has 5 atom stereocenters. The highest BCUT2D eigenvalue weighted by Crippen LogP contribution is 2.59. The number of amides is 5. The Kier molecular flexibility index (Phi) is 8.73. The molecule has 18 heteroatoms. The van der Waals surface area contributed by atoms with Crippen LogP contribution in [-0.2, 0) is 34.8 Å². The van der Waals surface area contributed by atoms with E-state index < -0.39 is 66.0 Å². The molecule has 7 rings (SSSR count). The van der Waals surface area contributed by atoms with Crippen LogP contribution in [0.1, 0.15) is 47.0 Å². The maximum absolute atomic E-state index is 14.4. The van der Waals surface area contributed by atoms with E-state index in [0.717, 1.165) is 23.5 Å². The van der Waals surface area contributed by atoms with Crippen LogP contribution in [0, 0.1) is 17.2 Å². The predicted molar refractivity (Wildman–Crippen MR) is 182 cm³/mol. The van der Waals surface area contributed by atoms with Gasteiger partial charge in [-0.1, -0.05) is 24.3 Å². The molecule has 4 aliphatic heterocycles. The normalized spacial score (nSPS) is 26.1. The summed E-state index contributed by atoms with van der Waals surface area (Å²) < 4.78 is 40.6. The molecule has 2 aromatic carbocycles. The molecule has 3 aromatic rings. The Morgan fingerprint density at radius 3 is 2.54 bits per heavy atom. The van der Waals surface area contributed by atoms with Crippen molar-refractivity contribution in [2.24, 2.45) is 5.92 Å². The third-order valence-electron chi connectivity index (χ3n) is 10.6. The number of alkyl halides is 2. The first kappa shape index (κ1) is 35.6. The fourth-order valence-corrected chi connectivity index (χ4v) is 9.39. The Balaban J connectivity index is 1.15. The lowest BCUT2D eigenvalue weighted by Gasteiger charge is -2.39. The molecule has 5 amide bonds. The number of likely N-dealkylation sites (tertiary alicyclic amines) is 1. The number of thiophene rings is 1. The van der Waals surface area contributed by atoms with Crippen LogP contribution in [0.5, 0.6) is 0 Å². The number of rotatable bonds is 5. The number of nitrogens with zero attached hydrogens (tertiary/aromatic N) is 4. The molecular formula is C34H33F2N6O8PS. The van der Waals surface area contributed by atoms with Crippen molar-refractivity contribution in [1.82, 2.24) is 20.0 Å². The molecule has 4 N–H and O–H groups in total. The smallest absolute Gasteiger partial charge is 0.340 e. The molecule has 0 saturated carbocycles. The van der Waals surface area contributed by atoms with E-state index in [4.69, 9.17) is 9.79 Å². The van der Waals surface area contributed by atoms with Crippen LogP contribution in [0.4, 0.5) is 14.5 Å². The number of anilines is 1. The van der Waals surface area contributed by atoms with Crippen LogP contribution >= 0.6 is 18.9 Å². The molecule has 0 unspecified atom stereocenters. The summed E-state index contributed by atoms with van der Waals surface area (Å²) in [5.41, 5.74) is -5.44. The van der Waals surface area contributed by atoms with Gasteiger partial charge < -0.3 is 35.1 Å². The highest BCUT2D eigenvalue weighted by molar-refractivity contribution is 7.52. The fourth-order valence-electron chi connectivity index (χ4n) is 7.97. The zero-order chi connectivity index (χ0) is 37.3. The van der Waals surface area contributed by atoms with Crippen molar-refractivity contribution in [2.45, 2.75) is 55.4 Å². The minimum Gasteiger partial charge on any atom is -0.340 e. The Morgan fingerprint density at radius 2 is 1.83 bits per heavy atom. The number of hydrogen-bond donors (Lipinski definition) is 4. The molecule has 272 valence electrons. The van der Waals surface area contributed by atoms with Gasteiger partial charge in [-0.15, -0.1) is 11.3 Å². The van der Waals surface area contributed by atoms with Gasteiger partial charge in [0.1, 0.15) is 17.5 Å². The zero-order valence-electron chi connectivity index (χ0n) is 27.6. The summed E-state index contributed by atoms with van der Waals surface area (Å²) >= 11 is 0.911. The van der Waals surface area contributed by atoms with Crippen LogP contribution < -0.4 is 10.6 Å². The summed E-state index contributed by atoms with van der Waals surface area (Å²) in [6.45, 7) is 1.31. The first-order valence-electron chi connectivity index (χ1n) is 16.5. The van der Waals surface area contributed by atoms with Crippen molar-refractivity contribution in [3.8, 4) is 6.07 Å². The maximum Gasteiger partial charge on any atom is 0.399 e. The molecule has 3 saturated heterocycles. The SMILES string of the molecule is CC(=O)N1CC[C@H]2CC[C@@H](C(=O)N3C[C@@H](C#N)[C@]4(C3)C(=O)Nc3ccccc34)N2C(=O)[C@@H](NC(=O)c2cc3cc(C(F)(F)P(=O)(O)O)ccc3s2)C1. The first-order chi connectivity index (χ1) is 24.6. The lowest BCUT2D eigenvalue weighted by Crippen LogP contribution is -2.61. The highest BCUT2D eigenvalue weighted by Gasteiger charge is 2.60. The molecule has 52 heavy (non-hydrogen) atoms. The number of fused-ring (bicyclic) bond motifs is 4. The van der Waals surface area contributed by atoms with Gasteiger partial charge >= 0.3 is 13.3 Å². The van der Waals surface area contributed by atoms with E-state index in [-0.39, 0.29) is 54.7 Å². The Hall–Kier alpha value is -4.75. The molecule has 1 aromatic heterocycles. The van der Waals surface area contributed by atoms with Gasteiger partial charge in [0.2, 0.25) is 23.6 Å². The number of benzene rings is 2. The number of para-hydroxylation sites is 1. The van der Waals surface area contributed by atoms with Crippen LogP contribution in [0.3, 0.4) is 0 Å². The van der Waals surface area contributed by atoms with Crippen LogP contribution in [0.2, 0.25) is 0 Å². The van der Waals surface area contributed by atoms with E-state index in [1.807, 2.05) is 0 Å². The second-order valence-electron chi connectivity index (χ2n) is 13.6. The number of carbonyl (C=O) groups excluding carboxylic acids is 5. The Morgan fingerprint density at radius 1 is 1.08 bits per heavy atom. The summed E-state index contributed by atoms with van der Waals surface area (Å²) in [5, 5.41) is 15.8. The lowest BCUT2D eigenvalue weighted by atomic mass is 9.74. The molecule has 1 spiro atoms. The quantitative estimate of drug-likeness (QED) is 0.283. The van der Waals surface area contributed by atoms with Gasteiger partial charge in [-0.05, 0) is 54.5 Å². The third-order valence-corrected chi connectivity index (χ3v) is 12.8. The van der Waals surface area contributed by atoms with E-state index in [9.17, 15) is 42.6 Å². The van der Waals surface area contributed by atoms with Gasteiger partial charge in [-0.25, -0.2) is 0 Å². The Bertz CT molecular complexity index is 2130. The summed E-state index contributed by atoms with van der Waals surface area (Å²) in [4.78, 5) is 90.9. The average molecular weight is 755 g/mol. The number of carbonyl (C=O) groups is 5. The molecule has 3 fully saturated rings. The number of halogens is 2. The van der Waals surface area contributed by atoms with Crippen LogP contribution in [0.25, 0.3) is 10.1 Å². The predicted octanol–water partition coefficient (Wildman–Crippen LogP) is 2.71. The van der Waals surface area contributed by atoms with E-state index >= 15 is 0 Å². The Labute approximate surface area is 299 Å². The summed E-state index contributed by atoms with van der Waals surface area (Å²) in [6, 6.07) is 10.8. The van der Waals surface area contributed by atoms with E-state index in [2.05, 4.69) is 16.7 Å². The van der Waals surface area contributed by atoms with Gasteiger partial charge in [-0.3, -0.25) is 28.5 Å². The molecule has 4 aliphatic rings. The lowest BCUT2D eigenvalue weighted by molar-refractivity contribution is -0.148. The standard InChI is InChI=1S/C34H33F2N6O8PS/c1-18(43)40-11-10-22-7-8-26(31(46)41-15-21(14-37)33(17-41)23-4-2-3-5-24(23)39-32(33)47)42(22)30(45)25(16-40)38-29(44)28-13-19-12-20(6-9-27(19)52-28)34(35,36)51(48,49)50/h2-6,9,12-13,21-22,25-26H,7-8,10-11,15-17H2,1H3,(H,38,44)(H,39,47)(H2,48,49,50)/t21-,22-,25+,26+,33+/m1/s1. The van der Waals surface area contributed by atoms with Crippen molar-refractivity contribution < 1.29 is 47.1 Å². The van der Waals surface area contributed by atoms with Gasteiger partial charge in [0.05, 0.1) is 16.9 Å². The molecule has 5 heterocycles. The second kappa shape index (κ2) is 12.7. The number of nitrogens with one attached hydrogen (secondary N) is 2. The van der Waals surface area contributed by atoms with Gasteiger partial charge in [0.15, 0.2) is 0 Å². The molecule has 0 aliphatic carbocycles. The molecular weight excluding hydrogens is 721 g/mol. The molecule has 0 radical (unpaired) electrons. The largest absolute Gasteiger partial charge is 0.399 e. The third kappa shape index (κ3) is 5.65. The van der Waals surface area contributed by atoms with E-state index in [1.54, 1.807) is 24.3 Å². The second-order valence-corrected chi connectivity index (χ2v) is 16.3. The van der Waals surface area contributed by atoms with Crippen molar-refractivity contribution in [3.05, 3.63) is 64.5 Å². The summed E-state index contributed by atoms with van der Waals surface area (Å²) in [5.74, 6) is -3.31. The minimum atomic E-state index is -5.83. The van der Waals surface area contributed by atoms with Crippen molar-refractivity contribution >= 4 is 64.2 Å². The average Bonchev–Trinajstić information content (AvgIpc) is 3.87. The van der Waals surface area contributed by atoms with Crippen LogP contribution in [-0.4, -0.2) is 98.3 Å². The van der Waals surface area contributed by atoms with Gasteiger partial charge in [0, 0.05) is 55.1 Å². The molecule has 14 nitrogen and oxygen atoms in total. The van der Waals surface area contributed by atoms with Gasteiger partial charge in [0.25, 0.3) is 5.91 Å². The monoisotopic (exact) mass is 754 g/mol. The fraction of sp³-hybridized carbons (Fsp3) is 0.412. The van der Waals surface area contributed by atoms with Crippen LogP contribution in [0.15, 0.2) is 48.5 Å². The van der Waals surface area contributed by atoms with E-state index in [1.165, 1.54) is 33.8 Å². The van der Waals surface area contributed by atoms with Crippen molar-refractivity contribution in [1.29, 1.82) is 5.26 Å². The number of hydrogen-bond acceptors (Lipinski definition) is 8. The number of nitriles is 1. The zero-order valence-corrected chi connectivity index (χ0v) is 29.3. The van der Waals surface area contributed by atoms with Crippen molar-refractivity contribution in [3.63, 3.8) is 0 Å². The van der Waals surface area contributed by atoms with Crippen molar-refractivity contribution in [2.75, 3.05) is 31.5 Å². The summed E-state index contributed by atoms with van der Waals surface area (Å²) in [7, 11) is -5.83. The minimum absolute atomic E-state index is 0.0153.